The molecule has 3 heterocycles. The number of nitrogens with zero attached hydrogens (tertiary/aromatic N) is 3. The number of hydrogen-bond donors (Lipinski definition) is 4. The number of hydrogen-bond acceptors (Lipinski definition) is 7. The van der Waals surface area contributed by atoms with Crippen molar-refractivity contribution in [2.24, 2.45) is 5.92 Å². The first-order chi connectivity index (χ1) is 25.9. The molecule has 0 spiro atoms. The van der Waals surface area contributed by atoms with Crippen LogP contribution in [-0.4, -0.2) is 75.6 Å². The minimum Gasteiger partial charge on any atom is -0.496 e. The van der Waals surface area contributed by atoms with Crippen molar-refractivity contribution in [1.29, 1.82) is 0 Å². The van der Waals surface area contributed by atoms with Crippen LogP contribution in [0.15, 0.2) is 66.7 Å². The molecule has 0 bridgehead atoms. The molecule has 2 saturated heterocycles. The third-order valence-electron chi connectivity index (χ3n) is 10.7. The molecule has 0 radical (unpaired) electrons. The highest BCUT2D eigenvalue weighted by Crippen LogP contribution is 2.39. The average molecular weight is 740 g/mol. The molecule has 2 aliphatic rings. The number of methoxy groups -OCH3 is 1. The molecule has 9 nitrogen and oxygen atoms in total. The minimum absolute atomic E-state index is 0.0208. The number of anilines is 2. The van der Waals surface area contributed by atoms with Crippen LogP contribution in [0.4, 0.5) is 24.7 Å². The molecule has 282 valence electrons. The predicted octanol–water partition coefficient (Wildman–Crippen LogP) is 8.26. The lowest BCUT2D eigenvalue weighted by Crippen LogP contribution is -2.23. The Balaban J connectivity index is 1.14. The smallest absolute Gasteiger partial charge is 0.417 e. The quantitative estimate of drug-likeness (QED) is 0.100. The Morgan fingerprint density at radius 1 is 0.944 bits per heavy atom. The van der Waals surface area contributed by atoms with Crippen molar-refractivity contribution in [3.05, 3.63) is 106 Å². The number of carbonyl (C=O) groups is 1. The van der Waals surface area contributed by atoms with E-state index in [1.165, 1.54) is 19.3 Å². The summed E-state index contributed by atoms with van der Waals surface area (Å²) in [7, 11) is 1.43. The van der Waals surface area contributed by atoms with Crippen molar-refractivity contribution < 1.29 is 32.9 Å². The van der Waals surface area contributed by atoms with Crippen LogP contribution in [0.2, 0.25) is 0 Å². The Morgan fingerprint density at radius 3 is 2.37 bits per heavy atom. The van der Waals surface area contributed by atoms with Crippen LogP contribution in [0, 0.1) is 19.8 Å². The number of carboxylic acid groups (broad SMARTS) is 1. The summed E-state index contributed by atoms with van der Waals surface area (Å²) >= 11 is 0. The largest absolute Gasteiger partial charge is 0.496 e. The number of aliphatic carboxylic acids is 1. The van der Waals surface area contributed by atoms with Gasteiger partial charge < -0.3 is 20.3 Å². The maximum Gasteiger partial charge on any atom is 0.417 e. The van der Waals surface area contributed by atoms with Crippen LogP contribution in [0.3, 0.4) is 0 Å². The number of β-amino-alcohol motifs (C(OH)–C–C–N with tert-alkyl or cyclic N) is 1. The van der Waals surface area contributed by atoms with Gasteiger partial charge in [0.25, 0.3) is 0 Å². The molecular formula is C42H44F3N5O4. The number of alkyl halides is 3. The van der Waals surface area contributed by atoms with Crippen molar-refractivity contribution in [2.75, 3.05) is 38.6 Å². The fourth-order valence-electron chi connectivity index (χ4n) is 7.72. The number of halogens is 3. The van der Waals surface area contributed by atoms with Gasteiger partial charge in [0.15, 0.2) is 5.82 Å². The Morgan fingerprint density at radius 2 is 1.67 bits per heavy atom. The second-order valence-electron chi connectivity index (χ2n) is 14.4. The van der Waals surface area contributed by atoms with Crippen molar-refractivity contribution in [3.8, 4) is 16.9 Å². The zero-order valence-corrected chi connectivity index (χ0v) is 30.5. The number of aromatic nitrogens is 2. The zero-order chi connectivity index (χ0) is 38.1. The molecule has 4 N–H and O–H groups in total. The molecule has 7 rings (SSSR count). The van der Waals surface area contributed by atoms with Crippen LogP contribution in [0.1, 0.15) is 51.8 Å². The van der Waals surface area contributed by atoms with Gasteiger partial charge in [-0.25, -0.2) is 0 Å². The first-order valence-corrected chi connectivity index (χ1v) is 18.1. The minimum atomic E-state index is -4.62. The van der Waals surface area contributed by atoms with E-state index >= 15 is 0 Å². The summed E-state index contributed by atoms with van der Waals surface area (Å²) in [5.74, 6) is -0.407. The van der Waals surface area contributed by atoms with Gasteiger partial charge in [-0.3, -0.25) is 19.7 Å². The second kappa shape index (κ2) is 15.3. The highest BCUT2D eigenvalue weighted by molar-refractivity contribution is 5.93. The number of rotatable bonds is 11. The highest BCUT2D eigenvalue weighted by Gasteiger charge is 2.35. The zero-order valence-electron chi connectivity index (χ0n) is 30.5. The summed E-state index contributed by atoms with van der Waals surface area (Å²) in [4.78, 5) is 15.5. The third kappa shape index (κ3) is 7.87. The van der Waals surface area contributed by atoms with Crippen LogP contribution >= 0.6 is 0 Å². The van der Waals surface area contributed by atoms with Gasteiger partial charge >= 0.3 is 12.1 Å². The summed E-state index contributed by atoms with van der Waals surface area (Å²) in [6, 6.07) is 20.6. The lowest BCUT2D eigenvalue weighted by Gasteiger charge is -2.20. The summed E-state index contributed by atoms with van der Waals surface area (Å²) in [6.07, 6.45) is -0.466. The number of benzene rings is 4. The molecule has 0 aliphatic carbocycles. The summed E-state index contributed by atoms with van der Waals surface area (Å²) in [5.41, 5.74) is 7.11. The van der Waals surface area contributed by atoms with E-state index in [4.69, 9.17) is 4.74 Å². The van der Waals surface area contributed by atoms with Gasteiger partial charge in [-0.15, -0.1) is 0 Å². The maximum atomic E-state index is 14.5. The molecule has 0 unspecified atom stereocenters. The Labute approximate surface area is 312 Å². The van der Waals surface area contributed by atoms with E-state index in [1.54, 1.807) is 6.08 Å². The molecule has 12 heteroatoms. The maximum absolute atomic E-state index is 14.5. The number of H-pyrrole nitrogens is 1. The number of aliphatic hydroxyl groups excluding tert-OH is 1. The number of nitrogens with one attached hydrogen (secondary N) is 2. The van der Waals surface area contributed by atoms with Crippen LogP contribution in [-0.2, 0) is 24.1 Å². The van der Waals surface area contributed by atoms with Crippen LogP contribution in [0.5, 0.6) is 5.75 Å². The Hall–Kier alpha value is -5.17. The summed E-state index contributed by atoms with van der Waals surface area (Å²) in [6.45, 7) is 7.22. The monoisotopic (exact) mass is 739 g/mol. The van der Waals surface area contributed by atoms with E-state index in [0.717, 1.165) is 75.5 Å². The van der Waals surface area contributed by atoms with Crippen molar-refractivity contribution in [1.82, 2.24) is 20.0 Å². The van der Waals surface area contributed by atoms with Gasteiger partial charge in [0.2, 0.25) is 0 Å². The van der Waals surface area contributed by atoms with Crippen molar-refractivity contribution in [2.45, 2.75) is 52.1 Å². The van der Waals surface area contributed by atoms with Crippen molar-refractivity contribution in [3.63, 3.8) is 0 Å². The second-order valence-corrected chi connectivity index (χ2v) is 14.4. The molecule has 2 aliphatic heterocycles. The molecular weight excluding hydrogens is 695 g/mol. The molecule has 5 aromatic rings. The first-order valence-electron chi connectivity index (χ1n) is 18.1. The van der Waals surface area contributed by atoms with E-state index in [-0.39, 0.29) is 24.8 Å². The average Bonchev–Trinajstić information content (AvgIpc) is 3.89. The first kappa shape index (κ1) is 37.2. The van der Waals surface area contributed by atoms with E-state index in [1.807, 2.05) is 61.2 Å². The van der Waals surface area contributed by atoms with E-state index < -0.39 is 23.6 Å². The summed E-state index contributed by atoms with van der Waals surface area (Å²) < 4.78 is 48.9. The number of aliphatic hydroxyl groups is 1. The predicted molar refractivity (Wildman–Crippen MR) is 205 cm³/mol. The fourth-order valence-corrected chi connectivity index (χ4v) is 7.72. The van der Waals surface area contributed by atoms with Gasteiger partial charge in [0.05, 0.1) is 30.2 Å². The SMILES string of the molecule is COc1cc(/C=C/c2cccc(-c3cccc(Nc4n[nH]c5ccc(CN6CC[C@@H](O)C6)cc45)c3C)c2C)c(C(F)(F)F)cc1CN1CC[C@@H](C(=O)O)C1. The Bertz CT molecular complexity index is 2210. The molecule has 54 heavy (non-hydrogen) atoms. The summed E-state index contributed by atoms with van der Waals surface area (Å²) in [5, 5.41) is 31.5. The van der Waals surface area contributed by atoms with E-state index in [2.05, 4.69) is 32.5 Å². The molecule has 0 saturated carbocycles. The number of ether oxygens (including phenoxy) is 1. The standard InChI is InChI=1S/C42H44F3N5O4/c1-25-28(11-12-29-20-39(54-3)31(19-36(29)42(43,44)45)23-50-16-14-30(22-50)41(52)53)6-4-7-33(25)34-8-5-9-37(26(34)2)46-40-35-18-27(10-13-38(35)47-48-40)21-49-17-15-32(51)24-49/h4-13,18-20,30,32,51H,14-17,21-24H2,1-3H3,(H,52,53)(H2,46,47,48)/b12-11+/t30-,32-/m1/s1. The molecule has 1 aromatic heterocycles. The lowest BCUT2D eigenvalue weighted by atomic mass is 9.92. The molecule has 0 amide bonds. The van der Waals surface area contributed by atoms with Gasteiger partial charge in [-0.2, -0.15) is 18.3 Å². The van der Waals surface area contributed by atoms with Crippen molar-refractivity contribution >= 4 is 40.5 Å². The fraction of sp³-hybridized carbons (Fsp3) is 0.333. The number of aromatic amines is 1. The number of likely N-dealkylation sites (tertiary alicyclic amines) is 2. The van der Waals surface area contributed by atoms with Gasteiger partial charge in [-0.05, 0) is 103 Å². The van der Waals surface area contributed by atoms with Gasteiger partial charge in [-0.1, -0.05) is 48.6 Å². The highest BCUT2D eigenvalue weighted by atomic mass is 19.4. The van der Waals surface area contributed by atoms with Gasteiger partial charge in [0, 0.05) is 49.4 Å². The molecule has 4 aromatic carbocycles. The molecule has 2 fully saturated rings. The third-order valence-corrected chi connectivity index (χ3v) is 10.7. The Kier molecular flexibility index (Phi) is 10.5. The van der Waals surface area contributed by atoms with Crippen LogP contribution < -0.4 is 10.1 Å². The van der Waals surface area contributed by atoms with E-state index in [9.17, 15) is 28.2 Å². The number of carboxylic acids is 1. The lowest BCUT2D eigenvalue weighted by molar-refractivity contribution is -0.141. The van der Waals surface area contributed by atoms with Gasteiger partial charge in [0.1, 0.15) is 5.75 Å². The normalized spacial score (nSPS) is 18.3. The molecule has 2 atom stereocenters. The van der Waals surface area contributed by atoms with E-state index in [0.29, 0.717) is 36.6 Å². The topological polar surface area (TPSA) is 114 Å². The number of fused-ring (bicyclic) bond motifs is 1. The van der Waals surface area contributed by atoms with Crippen LogP contribution in [0.25, 0.3) is 34.2 Å².